The fraction of sp³-hybridized carbons (Fsp3) is 0.0208. The summed E-state index contributed by atoms with van der Waals surface area (Å²) in [6.45, 7) is 2.06. The molecule has 0 saturated heterocycles. The van der Waals surface area contributed by atoms with Crippen LogP contribution in [-0.2, 0) is 17.1 Å². The third-order valence-corrected chi connectivity index (χ3v) is 12.9. The summed E-state index contributed by atoms with van der Waals surface area (Å²) in [5, 5.41) is 8.39. The molecule has 264 valence electrons. The Kier molecular flexibility index (Phi) is 15.8. The second-order valence-electron chi connectivity index (χ2n) is 11.8. The van der Waals surface area contributed by atoms with E-state index in [9.17, 15) is 0 Å². The predicted octanol–water partition coefficient (Wildman–Crippen LogP) is 9.59. The van der Waals surface area contributed by atoms with Crippen molar-refractivity contribution in [2.24, 2.45) is 4.99 Å². The van der Waals surface area contributed by atoms with E-state index < -0.39 is 15.8 Å². The summed E-state index contributed by atoms with van der Waals surface area (Å²) in [4.78, 5) is 8.40. The molecule has 53 heavy (non-hydrogen) atoms. The Balaban J connectivity index is 0.000000154. The molecule has 0 aliphatic carbocycles. The van der Waals surface area contributed by atoms with Gasteiger partial charge < -0.3 is 4.98 Å². The summed E-state index contributed by atoms with van der Waals surface area (Å²) in [6.07, 6.45) is 3.53. The molecule has 8 rings (SSSR count). The SMILES string of the molecule is Cc1ccc(N=Cc2ccc[n-]2)cc1.[Cu+].c1ccc(P(c2ccccc2)c2ccccc2)cc1.c1ccc(P(c2ccccc2)c2ccccc2)cc1. The van der Waals surface area contributed by atoms with E-state index in [2.05, 4.69) is 199 Å². The van der Waals surface area contributed by atoms with Gasteiger partial charge in [-0.3, -0.25) is 4.99 Å². The van der Waals surface area contributed by atoms with Gasteiger partial charge in [-0.05, 0) is 66.7 Å². The van der Waals surface area contributed by atoms with Crippen molar-refractivity contribution in [1.82, 2.24) is 4.98 Å². The van der Waals surface area contributed by atoms with Gasteiger partial charge in [-0.25, -0.2) is 0 Å². The van der Waals surface area contributed by atoms with Crippen molar-refractivity contribution in [2.75, 3.05) is 0 Å². The molecule has 0 atom stereocenters. The van der Waals surface area contributed by atoms with Crippen LogP contribution in [0, 0.1) is 6.92 Å². The molecule has 0 aliphatic heterocycles. The first kappa shape index (κ1) is 39.1. The van der Waals surface area contributed by atoms with E-state index in [0.717, 1.165) is 11.4 Å². The Morgan fingerprint density at radius 2 is 0.679 bits per heavy atom. The maximum atomic E-state index is 4.30. The van der Waals surface area contributed by atoms with E-state index in [1.807, 2.05) is 36.4 Å². The van der Waals surface area contributed by atoms with Gasteiger partial charge in [-0.1, -0.05) is 212 Å². The minimum Gasteiger partial charge on any atom is -0.663 e. The van der Waals surface area contributed by atoms with Gasteiger partial charge >= 0.3 is 17.1 Å². The molecule has 0 spiro atoms. The molecule has 5 heteroatoms. The van der Waals surface area contributed by atoms with Crippen molar-refractivity contribution in [3.8, 4) is 0 Å². The molecule has 1 heterocycles. The van der Waals surface area contributed by atoms with Gasteiger partial charge in [0.05, 0.1) is 5.69 Å². The Morgan fingerprint density at radius 1 is 0.377 bits per heavy atom. The quantitative estimate of drug-likeness (QED) is 0.0860. The Bertz CT molecular complexity index is 1860. The Morgan fingerprint density at radius 3 is 0.943 bits per heavy atom. The van der Waals surface area contributed by atoms with Crippen LogP contribution >= 0.6 is 15.8 Å². The second kappa shape index (κ2) is 21.4. The molecule has 0 radical (unpaired) electrons. The molecular weight excluding hydrogens is 730 g/mol. The molecule has 0 aliphatic rings. The first-order valence-corrected chi connectivity index (χ1v) is 20.0. The first-order chi connectivity index (χ1) is 25.7. The first-order valence-electron chi connectivity index (χ1n) is 17.3. The van der Waals surface area contributed by atoms with E-state index in [-0.39, 0.29) is 17.1 Å². The van der Waals surface area contributed by atoms with Crippen LogP contribution in [0.1, 0.15) is 11.3 Å². The largest absolute Gasteiger partial charge is 1.00 e. The van der Waals surface area contributed by atoms with Crippen molar-refractivity contribution in [3.63, 3.8) is 0 Å². The fourth-order valence-electron chi connectivity index (χ4n) is 5.52. The summed E-state index contributed by atoms with van der Waals surface area (Å²) in [5.74, 6) is 0. The molecule has 0 bridgehead atoms. The maximum Gasteiger partial charge on any atom is 1.00 e. The van der Waals surface area contributed by atoms with Crippen LogP contribution < -0.4 is 36.8 Å². The smallest absolute Gasteiger partial charge is 0.663 e. The standard InChI is InChI=1S/2C18H15P.C12H11N2.Cu/c2*1-4-10-16(11-5-1)19(17-12-6-2-7-13-17)18-14-8-3-9-15-18;1-10-4-6-11(7-5-10)14-9-12-3-2-8-13-12;/h2*1-15H;2-9H,1H3;/q;;-1;+1. The third-order valence-electron chi connectivity index (χ3n) is 8.04. The van der Waals surface area contributed by atoms with Crippen molar-refractivity contribution in [2.45, 2.75) is 6.92 Å². The number of aliphatic imine (C=N–C) groups is 1. The second-order valence-corrected chi connectivity index (χ2v) is 16.3. The maximum absolute atomic E-state index is 4.30. The topological polar surface area (TPSA) is 26.5 Å². The third kappa shape index (κ3) is 11.9. The molecule has 0 unspecified atom stereocenters. The number of rotatable bonds is 8. The van der Waals surface area contributed by atoms with Gasteiger partial charge in [-0.15, -0.1) is 5.69 Å². The summed E-state index contributed by atoms with van der Waals surface area (Å²) in [7, 11) is -0.892. The Labute approximate surface area is 327 Å². The normalized spacial score (nSPS) is 10.5. The van der Waals surface area contributed by atoms with E-state index in [1.54, 1.807) is 12.4 Å². The summed E-state index contributed by atoms with van der Waals surface area (Å²) < 4.78 is 0. The number of hydrogen-bond donors (Lipinski definition) is 0. The average molecular weight is 771 g/mol. The van der Waals surface area contributed by atoms with E-state index in [1.165, 1.54) is 37.4 Å². The fourth-order valence-corrected chi connectivity index (χ4v) is 10.1. The zero-order chi connectivity index (χ0) is 35.6. The van der Waals surface area contributed by atoms with Gasteiger partial charge in [0, 0.05) is 6.21 Å². The van der Waals surface area contributed by atoms with Crippen molar-refractivity contribution in [3.05, 3.63) is 236 Å². The van der Waals surface area contributed by atoms with Crippen LogP contribution in [0.2, 0.25) is 0 Å². The van der Waals surface area contributed by atoms with Gasteiger partial charge in [0.2, 0.25) is 0 Å². The van der Waals surface area contributed by atoms with Crippen LogP contribution in [0.3, 0.4) is 0 Å². The molecule has 7 aromatic carbocycles. The van der Waals surface area contributed by atoms with Crippen molar-refractivity contribution >= 4 is 59.6 Å². The van der Waals surface area contributed by atoms with Crippen molar-refractivity contribution in [1.29, 1.82) is 0 Å². The van der Waals surface area contributed by atoms with Crippen LogP contribution in [0.5, 0.6) is 0 Å². The van der Waals surface area contributed by atoms with E-state index in [0.29, 0.717) is 0 Å². The molecule has 0 saturated carbocycles. The van der Waals surface area contributed by atoms with Crippen LogP contribution in [-0.4, -0.2) is 6.21 Å². The van der Waals surface area contributed by atoms with Gasteiger partial charge in [0.15, 0.2) is 0 Å². The molecular formula is C48H41CuN2P2. The van der Waals surface area contributed by atoms with Crippen LogP contribution in [0.25, 0.3) is 0 Å². The zero-order valence-corrected chi connectivity index (χ0v) is 32.3. The number of nitrogens with zero attached hydrogens (tertiary/aromatic N) is 2. The van der Waals surface area contributed by atoms with Gasteiger partial charge in [-0.2, -0.15) is 6.20 Å². The molecule has 0 fully saturated rings. The number of benzene rings is 7. The van der Waals surface area contributed by atoms with E-state index >= 15 is 0 Å². The number of aromatic nitrogens is 1. The van der Waals surface area contributed by atoms with Crippen LogP contribution in [0.4, 0.5) is 5.69 Å². The molecule has 2 nitrogen and oxygen atoms in total. The number of hydrogen-bond acceptors (Lipinski definition) is 1. The van der Waals surface area contributed by atoms with E-state index in [4.69, 9.17) is 0 Å². The minimum absolute atomic E-state index is 0. The zero-order valence-electron chi connectivity index (χ0n) is 29.5. The predicted molar refractivity (Wildman–Crippen MR) is 228 cm³/mol. The summed E-state index contributed by atoms with van der Waals surface area (Å²) in [6, 6.07) is 76.6. The molecule has 0 N–H and O–H groups in total. The molecule has 1 aromatic heterocycles. The van der Waals surface area contributed by atoms with Crippen LogP contribution in [0.15, 0.2) is 230 Å². The van der Waals surface area contributed by atoms with Gasteiger partial charge in [0.1, 0.15) is 0 Å². The summed E-state index contributed by atoms with van der Waals surface area (Å²) in [5.41, 5.74) is 3.10. The monoisotopic (exact) mass is 770 g/mol. The minimum atomic E-state index is -0.446. The number of aryl methyl sites for hydroxylation is 1. The molecule has 8 aromatic rings. The summed E-state index contributed by atoms with van der Waals surface area (Å²) >= 11 is 0. The van der Waals surface area contributed by atoms with Gasteiger partial charge in [0.25, 0.3) is 0 Å². The van der Waals surface area contributed by atoms with Crippen molar-refractivity contribution < 1.29 is 17.1 Å². The average Bonchev–Trinajstić information content (AvgIpc) is 3.75. The Hall–Kier alpha value is -5.13. The molecule has 0 amide bonds.